The highest BCUT2D eigenvalue weighted by Gasteiger charge is 2.27. The van der Waals surface area contributed by atoms with Crippen molar-refractivity contribution in [2.75, 3.05) is 13.1 Å². The van der Waals surface area contributed by atoms with Gasteiger partial charge in [-0.2, -0.15) is 0 Å². The molecule has 0 spiro atoms. The topological polar surface area (TPSA) is 29.5 Å². The van der Waals surface area contributed by atoms with Crippen molar-refractivity contribution >= 4 is 21.8 Å². The van der Waals surface area contributed by atoms with Gasteiger partial charge in [0.15, 0.2) is 0 Å². The minimum absolute atomic E-state index is 0.109. The Morgan fingerprint density at radius 3 is 2.55 bits per heavy atom. The van der Waals surface area contributed by atoms with Gasteiger partial charge in [-0.1, -0.05) is 22.9 Å². The summed E-state index contributed by atoms with van der Waals surface area (Å²) in [6, 6.07) is 7.43. The summed E-state index contributed by atoms with van der Waals surface area (Å²) < 4.78 is 5.59. The Labute approximate surface area is 129 Å². The summed E-state index contributed by atoms with van der Waals surface area (Å²) in [5, 5.41) is 0. The number of amides is 1. The van der Waals surface area contributed by atoms with E-state index < -0.39 is 0 Å². The molecule has 1 aliphatic rings. The predicted octanol–water partition coefficient (Wildman–Crippen LogP) is 3.72. The molecular formula is C16H22BrNO2. The van der Waals surface area contributed by atoms with Gasteiger partial charge in [-0.25, -0.2) is 0 Å². The highest BCUT2D eigenvalue weighted by molar-refractivity contribution is 9.09. The third kappa shape index (κ3) is 3.75. The number of hydrogen-bond donors (Lipinski definition) is 0. The summed E-state index contributed by atoms with van der Waals surface area (Å²) in [6.07, 6.45) is 1.20. The number of alkyl halides is 1. The molecule has 0 N–H and O–H groups in total. The Kier molecular flexibility index (Phi) is 5.08. The van der Waals surface area contributed by atoms with Crippen LogP contribution in [0.2, 0.25) is 0 Å². The molecule has 2 atom stereocenters. The van der Waals surface area contributed by atoms with Crippen LogP contribution in [0.4, 0.5) is 0 Å². The molecule has 0 saturated carbocycles. The van der Waals surface area contributed by atoms with Crippen LogP contribution in [0.25, 0.3) is 0 Å². The van der Waals surface area contributed by atoms with Crippen LogP contribution >= 0.6 is 15.9 Å². The van der Waals surface area contributed by atoms with Gasteiger partial charge in [0.1, 0.15) is 5.75 Å². The minimum Gasteiger partial charge on any atom is -0.491 e. The second-order valence-electron chi connectivity index (χ2n) is 5.72. The standard InChI is InChI=1S/C16H22BrNO2/c1-11(2)20-14-6-4-13(5-7-14)16(19)18-9-8-12(3)15(17)10-18/h4-7,11-12,15H,8-10H2,1-3H3. The zero-order chi connectivity index (χ0) is 14.7. The number of piperidine rings is 1. The fourth-order valence-electron chi connectivity index (χ4n) is 2.34. The number of carbonyl (C=O) groups is 1. The lowest BCUT2D eigenvalue weighted by Gasteiger charge is -2.34. The molecule has 2 rings (SSSR count). The smallest absolute Gasteiger partial charge is 0.253 e. The van der Waals surface area contributed by atoms with Crippen molar-refractivity contribution in [3.8, 4) is 5.75 Å². The van der Waals surface area contributed by atoms with Gasteiger partial charge in [-0.05, 0) is 50.5 Å². The zero-order valence-electron chi connectivity index (χ0n) is 12.3. The van der Waals surface area contributed by atoms with Gasteiger partial charge >= 0.3 is 0 Å². The SMILES string of the molecule is CC(C)Oc1ccc(C(=O)N2CCC(C)C(Br)C2)cc1. The van der Waals surface area contributed by atoms with Gasteiger partial charge in [0.05, 0.1) is 6.10 Å². The summed E-state index contributed by atoms with van der Waals surface area (Å²) in [6.45, 7) is 7.82. The number of benzene rings is 1. The molecule has 1 aromatic carbocycles. The summed E-state index contributed by atoms with van der Waals surface area (Å²) >= 11 is 3.66. The first kappa shape index (κ1) is 15.4. The van der Waals surface area contributed by atoms with E-state index in [1.165, 1.54) is 0 Å². The summed E-state index contributed by atoms with van der Waals surface area (Å²) in [4.78, 5) is 14.8. The molecule has 1 saturated heterocycles. The summed E-state index contributed by atoms with van der Waals surface area (Å²) in [7, 11) is 0. The van der Waals surface area contributed by atoms with Gasteiger partial charge in [0.25, 0.3) is 5.91 Å². The van der Waals surface area contributed by atoms with Crippen LogP contribution in [0.1, 0.15) is 37.6 Å². The third-order valence-corrected chi connectivity index (χ3v) is 4.82. The lowest BCUT2D eigenvalue weighted by Crippen LogP contribution is -2.43. The van der Waals surface area contributed by atoms with Crippen molar-refractivity contribution in [2.45, 2.75) is 38.1 Å². The number of likely N-dealkylation sites (tertiary alicyclic amines) is 1. The largest absolute Gasteiger partial charge is 0.491 e. The quantitative estimate of drug-likeness (QED) is 0.785. The number of nitrogens with zero attached hydrogens (tertiary/aromatic N) is 1. The lowest BCUT2D eigenvalue weighted by molar-refractivity contribution is 0.0706. The molecular weight excluding hydrogens is 318 g/mol. The number of halogens is 1. The normalized spacial score (nSPS) is 22.9. The van der Waals surface area contributed by atoms with Gasteiger partial charge in [-0.3, -0.25) is 4.79 Å². The molecule has 0 aliphatic carbocycles. The molecule has 1 amide bonds. The van der Waals surface area contributed by atoms with Gasteiger partial charge in [-0.15, -0.1) is 0 Å². The Bertz CT molecular complexity index is 458. The van der Waals surface area contributed by atoms with E-state index in [4.69, 9.17) is 4.74 Å². The number of carbonyl (C=O) groups excluding carboxylic acids is 1. The molecule has 0 bridgehead atoms. The summed E-state index contributed by atoms with van der Waals surface area (Å²) in [5.41, 5.74) is 0.732. The average Bonchev–Trinajstić information content (AvgIpc) is 2.41. The van der Waals surface area contributed by atoms with E-state index in [0.717, 1.165) is 30.8 Å². The fourth-order valence-corrected chi connectivity index (χ4v) is 2.95. The fraction of sp³-hybridized carbons (Fsp3) is 0.562. The Morgan fingerprint density at radius 1 is 1.35 bits per heavy atom. The van der Waals surface area contributed by atoms with E-state index in [0.29, 0.717) is 10.7 Å². The average molecular weight is 340 g/mol. The van der Waals surface area contributed by atoms with Gasteiger partial charge in [0.2, 0.25) is 0 Å². The highest BCUT2D eigenvalue weighted by Crippen LogP contribution is 2.25. The van der Waals surface area contributed by atoms with Crippen molar-refractivity contribution in [1.29, 1.82) is 0 Å². The molecule has 110 valence electrons. The van der Waals surface area contributed by atoms with Crippen molar-refractivity contribution < 1.29 is 9.53 Å². The minimum atomic E-state index is 0.109. The van der Waals surface area contributed by atoms with Crippen molar-refractivity contribution in [3.63, 3.8) is 0 Å². The van der Waals surface area contributed by atoms with Crippen molar-refractivity contribution in [3.05, 3.63) is 29.8 Å². The number of hydrogen-bond acceptors (Lipinski definition) is 2. The molecule has 1 heterocycles. The van der Waals surface area contributed by atoms with E-state index in [-0.39, 0.29) is 12.0 Å². The maximum absolute atomic E-state index is 12.4. The lowest BCUT2D eigenvalue weighted by atomic mass is 9.98. The first-order valence-corrected chi connectivity index (χ1v) is 8.09. The van der Waals surface area contributed by atoms with Crippen molar-refractivity contribution in [2.24, 2.45) is 5.92 Å². The molecule has 4 heteroatoms. The number of ether oxygens (including phenoxy) is 1. The molecule has 1 aliphatic heterocycles. The van der Waals surface area contributed by atoms with E-state index in [2.05, 4.69) is 22.9 Å². The van der Waals surface area contributed by atoms with Gasteiger partial charge < -0.3 is 9.64 Å². The zero-order valence-corrected chi connectivity index (χ0v) is 13.9. The van der Waals surface area contributed by atoms with Crippen molar-refractivity contribution in [1.82, 2.24) is 4.90 Å². The number of rotatable bonds is 3. The van der Waals surface area contributed by atoms with Crippen LogP contribution in [0.3, 0.4) is 0 Å². The second-order valence-corrected chi connectivity index (χ2v) is 6.90. The van der Waals surface area contributed by atoms with Crippen LogP contribution in [0, 0.1) is 5.92 Å². The molecule has 20 heavy (non-hydrogen) atoms. The molecule has 1 fully saturated rings. The van der Waals surface area contributed by atoms with Crippen LogP contribution in [-0.4, -0.2) is 34.8 Å². The summed E-state index contributed by atoms with van der Waals surface area (Å²) in [5.74, 6) is 1.54. The molecule has 2 unspecified atom stereocenters. The van der Waals surface area contributed by atoms with Crippen LogP contribution in [0.15, 0.2) is 24.3 Å². The maximum atomic E-state index is 12.4. The predicted molar refractivity (Wildman–Crippen MR) is 84.6 cm³/mol. The Hall–Kier alpha value is -1.03. The van der Waals surface area contributed by atoms with Crippen LogP contribution < -0.4 is 4.74 Å². The highest BCUT2D eigenvalue weighted by atomic mass is 79.9. The molecule has 0 aromatic heterocycles. The molecule has 0 radical (unpaired) electrons. The van der Waals surface area contributed by atoms with E-state index in [1.807, 2.05) is 43.0 Å². The Balaban J connectivity index is 2.02. The van der Waals surface area contributed by atoms with Gasteiger partial charge in [0, 0.05) is 23.5 Å². The van der Waals surface area contributed by atoms with E-state index in [1.54, 1.807) is 0 Å². The van der Waals surface area contributed by atoms with E-state index in [9.17, 15) is 4.79 Å². The molecule has 3 nitrogen and oxygen atoms in total. The third-order valence-electron chi connectivity index (χ3n) is 3.63. The monoisotopic (exact) mass is 339 g/mol. The van der Waals surface area contributed by atoms with E-state index >= 15 is 0 Å². The van der Waals surface area contributed by atoms with Crippen LogP contribution in [-0.2, 0) is 0 Å². The van der Waals surface area contributed by atoms with Crippen LogP contribution in [0.5, 0.6) is 5.75 Å². The molecule has 1 aromatic rings. The first-order chi connectivity index (χ1) is 9.47. The maximum Gasteiger partial charge on any atom is 0.253 e. The Morgan fingerprint density at radius 2 is 2.00 bits per heavy atom. The first-order valence-electron chi connectivity index (χ1n) is 7.17. The second kappa shape index (κ2) is 6.61.